The van der Waals surface area contributed by atoms with E-state index in [9.17, 15) is 4.79 Å². The lowest BCUT2D eigenvalue weighted by atomic mass is 10.0. The van der Waals surface area contributed by atoms with Crippen LogP contribution < -0.4 is 16.0 Å². The van der Waals surface area contributed by atoms with E-state index in [1.165, 1.54) is 0 Å². The second-order valence-electron chi connectivity index (χ2n) is 5.00. The molecule has 1 heterocycles. The molecule has 0 bridgehead atoms. The fraction of sp³-hybridized carbons (Fsp3) is 0.250. The molecule has 0 aliphatic carbocycles. The predicted octanol–water partition coefficient (Wildman–Crippen LogP) is 1.79. The molecule has 5 nitrogen and oxygen atoms in total. The van der Waals surface area contributed by atoms with Crippen LogP contribution in [0.1, 0.15) is 11.1 Å². The van der Waals surface area contributed by atoms with Crippen molar-refractivity contribution in [3.63, 3.8) is 0 Å². The van der Waals surface area contributed by atoms with Crippen molar-refractivity contribution < 1.29 is 4.79 Å². The number of anilines is 2. The molecule has 0 spiro atoms. The van der Waals surface area contributed by atoms with Crippen molar-refractivity contribution in [3.05, 3.63) is 53.7 Å². The first-order valence-electron chi connectivity index (χ1n) is 6.80. The lowest BCUT2D eigenvalue weighted by Crippen LogP contribution is -2.16. The Balaban J connectivity index is 2.01. The molecule has 3 N–H and O–H groups in total. The Morgan fingerprint density at radius 3 is 2.48 bits per heavy atom. The van der Waals surface area contributed by atoms with E-state index in [4.69, 9.17) is 5.73 Å². The number of amides is 1. The number of pyridine rings is 1. The maximum Gasteiger partial charge on any atom is 0.228 e. The number of nitrogens with two attached hydrogens (primary N) is 1. The highest BCUT2D eigenvalue weighted by molar-refractivity contribution is 5.92. The predicted molar refractivity (Wildman–Crippen MR) is 85.2 cm³/mol. The second-order valence-corrected chi connectivity index (χ2v) is 5.00. The molecule has 0 unspecified atom stereocenters. The van der Waals surface area contributed by atoms with Crippen LogP contribution in [0.25, 0.3) is 0 Å². The maximum absolute atomic E-state index is 12.1. The molecule has 0 aliphatic heterocycles. The molecule has 0 aliphatic rings. The monoisotopic (exact) mass is 284 g/mol. The van der Waals surface area contributed by atoms with Gasteiger partial charge >= 0.3 is 0 Å². The average Bonchev–Trinajstić information content (AvgIpc) is 2.48. The van der Waals surface area contributed by atoms with Gasteiger partial charge in [-0.15, -0.1) is 0 Å². The number of benzene rings is 1. The minimum atomic E-state index is -0.0738. The molecule has 0 saturated heterocycles. The Bertz CT molecular complexity index is 608. The van der Waals surface area contributed by atoms with Gasteiger partial charge in [0.05, 0.1) is 18.3 Å². The quantitative estimate of drug-likeness (QED) is 0.878. The van der Waals surface area contributed by atoms with E-state index < -0.39 is 0 Å². The first-order chi connectivity index (χ1) is 10.1. The van der Waals surface area contributed by atoms with Crippen LogP contribution in [0, 0.1) is 0 Å². The van der Waals surface area contributed by atoms with Gasteiger partial charge in [0.15, 0.2) is 0 Å². The molecule has 1 aromatic carbocycles. The Labute approximate surface area is 124 Å². The van der Waals surface area contributed by atoms with E-state index in [1.807, 2.05) is 55.4 Å². The molecule has 0 atom stereocenters. The van der Waals surface area contributed by atoms with Gasteiger partial charge in [-0.1, -0.05) is 24.3 Å². The highest BCUT2D eigenvalue weighted by Crippen LogP contribution is 2.13. The normalized spacial score (nSPS) is 10.2. The summed E-state index contributed by atoms with van der Waals surface area (Å²) in [7, 11) is 3.84. The summed E-state index contributed by atoms with van der Waals surface area (Å²) < 4.78 is 0. The van der Waals surface area contributed by atoms with Gasteiger partial charge < -0.3 is 16.0 Å². The first kappa shape index (κ1) is 15.0. The van der Waals surface area contributed by atoms with Gasteiger partial charge in [0.2, 0.25) is 5.91 Å². The molecular weight excluding hydrogens is 264 g/mol. The molecule has 1 aromatic heterocycles. The van der Waals surface area contributed by atoms with Gasteiger partial charge in [-0.3, -0.25) is 4.79 Å². The van der Waals surface area contributed by atoms with Crippen molar-refractivity contribution >= 4 is 17.4 Å². The van der Waals surface area contributed by atoms with E-state index in [-0.39, 0.29) is 5.91 Å². The number of aromatic nitrogens is 1. The molecule has 110 valence electrons. The Morgan fingerprint density at radius 2 is 1.90 bits per heavy atom. The fourth-order valence-corrected chi connectivity index (χ4v) is 2.03. The highest BCUT2D eigenvalue weighted by Gasteiger charge is 2.07. The first-order valence-corrected chi connectivity index (χ1v) is 6.80. The fourth-order valence-electron chi connectivity index (χ4n) is 2.03. The van der Waals surface area contributed by atoms with Crippen LogP contribution in [0.4, 0.5) is 11.5 Å². The van der Waals surface area contributed by atoms with Gasteiger partial charge in [-0.2, -0.15) is 0 Å². The third-order valence-electron chi connectivity index (χ3n) is 3.18. The third kappa shape index (κ3) is 4.03. The smallest absolute Gasteiger partial charge is 0.228 e. The summed E-state index contributed by atoms with van der Waals surface area (Å²) in [6.07, 6.45) is 1.96. The molecule has 2 rings (SSSR count). The number of hydrogen-bond acceptors (Lipinski definition) is 4. The van der Waals surface area contributed by atoms with E-state index in [2.05, 4.69) is 10.3 Å². The number of nitrogens with zero attached hydrogens (tertiary/aromatic N) is 2. The van der Waals surface area contributed by atoms with Crippen molar-refractivity contribution in [2.45, 2.75) is 13.0 Å². The van der Waals surface area contributed by atoms with Crippen molar-refractivity contribution in [1.82, 2.24) is 4.98 Å². The summed E-state index contributed by atoms with van der Waals surface area (Å²) in [5.41, 5.74) is 8.32. The van der Waals surface area contributed by atoms with Gasteiger partial charge in [0.1, 0.15) is 5.82 Å². The van der Waals surface area contributed by atoms with Crippen LogP contribution in [0.2, 0.25) is 0 Å². The average molecular weight is 284 g/mol. The molecule has 0 fully saturated rings. The largest absolute Gasteiger partial charge is 0.363 e. The summed E-state index contributed by atoms with van der Waals surface area (Å²) >= 11 is 0. The van der Waals surface area contributed by atoms with Crippen LogP contribution in [0.15, 0.2) is 42.6 Å². The lowest BCUT2D eigenvalue weighted by molar-refractivity contribution is -0.115. The van der Waals surface area contributed by atoms with Crippen LogP contribution in [0.3, 0.4) is 0 Å². The Morgan fingerprint density at radius 1 is 1.19 bits per heavy atom. The van der Waals surface area contributed by atoms with E-state index in [0.717, 1.165) is 16.9 Å². The standard InChI is InChI=1S/C16H20N4O/c1-20(2)15-8-7-14(11-18-15)19-16(21)9-12-5-3-4-6-13(12)10-17/h3-8,11H,9-10,17H2,1-2H3,(H,19,21). The highest BCUT2D eigenvalue weighted by atomic mass is 16.1. The Hall–Kier alpha value is -2.40. The van der Waals surface area contributed by atoms with Gasteiger partial charge in [0, 0.05) is 20.6 Å². The minimum absolute atomic E-state index is 0.0738. The zero-order valence-corrected chi connectivity index (χ0v) is 12.3. The zero-order chi connectivity index (χ0) is 15.2. The summed E-state index contributed by atoms with van der Waals surface area (Å²) in [6.45, 7) is 0.433. The molecule has 1 amide bonds. The van der Waals surface area contributed by atoms with Gasteiger partial charge in [-0.05, 0) is 23.3 Å². The zero-order valence-electron chi connectivity index (χ0n) is 12.3. The topological polar surface area (TPSA) is 71.2 Å². The SMILES string of the molecule is CN(C)c1ccc(NC(=O)Cc2ccccc2CN)cn1. The summed E-state index contributed by atoms with van der Waals surface area (Å²) in [6, 6.07) is 11.4. The van der Waals surface area contributed by atoms with Crippen molar-refractivity contribution in [2.75, 3.05) is 24.3 Å². The van der Waals surface area contributed by atoms with Crippen molar-refractivity contribution in [1.29, 1.82) is 0 Å². The lowest BCUT2D eigenvalue weighted by Gasteiger charge is -2.12. The number of hydrogen-bond donors (Lipinski definition) is 2. The van der Waals surface area contributed by atoms with E-state index in [0.29, 0.717) is 18.7 Å². The van der Waals surface area contributed by atoms with Crippen LogP contribution in [-0.2, 0) is 17.8 Å². The van der Waals surface area contributed by atoms with E-state index in [1.54, 1.807) is 6.20 Å². The molecule has 0 saturated carbocycles. The second kappa shape index (κ2) is 6.85. The third-order valence-corrected chi connectivity index (χ3v) is 3.18. The number of carbonyl (C=O) groups excluding carboxylic acids is 1. The summed E-state index contributed by atoms with van der Waals surface area (Å²) in [5, 5.41) is 2.85. The van der Waals surface area contributed by atoms with Crippen LogP contribution in [0.5, 0.6) is 0 Å². The maximum atomic E-state index is 12.1. The number of nitrogens with one attached hydrogen (secondary N) is 1. The molecule has 0 radical (unpaired) electrons. The van der Waals surface area contributed by atoms with Crippen molar-refractivity contribution in [3.8, 4) is 0 Å². The van der Waals surface area contributed by atoms with Gasteiger partial charge in [0.25, 0.3) is 0 Å². The summed E-state index contributed by atoms with van der Waals surface area (Å²) in [5.74, 6) is 0.775. The molecule has 2 aromatic rings. The number of rotatable bonds is 5. The van der Waals surface area contributed by atoms with Gasteiger partial charge in [-0.25, -0.2) is 4.98 Å². The van der Waals surface area contributed by atoms with Crippen LogP contribution in [-0.4, -0.2) is 25.0 Å². The van der Waals surface area contributed by atoms with Crippen LogP contribution >= 0.6 is 0 Å². The van der Waals surface area contributed by atoms with Crippen molar-refractivity contribution in [2.24, 2.45) is 5.73 Å². The Kier molecular flexibility index (Phi) is 4.90. The summed E-state index contributed by atoms with van der Waals surface area (Å²) in [4.78, 5) is 18.2. The minimum Gasteiger partial charge on any atom is -0.363 e. The number of carbonyl (C=O) groups is 1. The van der Waals surface area contributed by atoms with E-state index >= 15 is 0 Å². The molecule has 21 heavy (non-hydrogen) atoms. The molecular formula is C16H20N4O. The molecule has 5 heteroatoms.